The summed E-state index contributed by atoms with van der Waals surface area (Å²) in [6.07, 6.45) is 0.620. The van der Waals surface area contributed by atoms with Crippen LogP contribution in [-0.2, 0) is 4.74 Å². The third-order valence-corrected chi connectivity index (χ3v) is 1.60. The highest BCUT2D eigenvalue weighted by Gasteiger charge is 2.20. The first-order chi connectivity index (χ1) is 4.68. The molecule has 10 heavy (non-hydrogen) atoms. The minimum atomic E-state index is 0.241. The summed E-state index contributed by atoms with van der Waals surface area (Å²) in [5.41, 5.74) is 0. The van der Waals surface area contributed by atoms with Crippen molar-refractivity contribution >= 4 is 0 Å². The summed E-state index contributed by atoms with van der Waals surface area (Å²) in [5, 5.41) is 3.23. The van der Waals surface area contributed by atoms with Gasteiger partial charge >= 0.3 is 0 Å². The van der Waals surface area contributed by atoms with Crippen molar-refractivity contribution in [3.05, 3.63) is 0 Å². The van der Waals surface area contributed by atoms with E-state index in [9.17, 15) is 0 Å². The van der Waals surface area contributed by atoms with Crippen LogP contribution in [0.4, 0.5) is 0 Å². The summed E-state index contributed by atoms with van der Waals surface area (Å²) in [6, 6.07) is 0. The zero-order valence-corrected chi connectivity index (χ0v) is 6.92. The molecule has 1 aliphatic heterocycles. The van der Waals surface area contributed by atoms with Gasteiger partial charge in [-0.05, 0) is 21.0 Å². The Kier molecular flexibility index (Phi) is 2.65. The van der Waals surface area contributed by atoms with Crippen LogP contribution in [-0.4, -0.2) is 44.4 Å². The van der Waals surface area contributed by atoms with Gasteiger partial charge in [-0.3, -0.25) is 5.32 Å². The maximum Gasteiger partial charge on any atom is 0.105 e. The van der Waals surface area contributed by atoms with E-state index in [2.05, 4.69) is 24.3 Å². The molecule has 0 amide bonds. The lowest BCUT2D eigenvalue weighted by molar-refractivity contribution is 0.0393. The summed E-state index contributed by atoms with van der Waals surface area (Å²) in [6.45, 7) is 4.03. The predicted octanol–water partition coefficient (Wildman–Crippen LogP) is -0.118. The molecule has 60 valence electrons. The smallest absolute Gasteiger partial charge is 0.105 e. The van der Waals surface area contributed by atoms with Crippen LogP contribution < -0.4 is 5.32 Å². The first-order valence-electron chi connectivity index (χ1n) is 3.72. The van der Waals surface area contributed by atoms with E-state index in [1.165, 1.54) is 0 Å². The predicted molar refractivity (Wildman–Crippen MR) is 40.9 cm³/mol. The van der Waals surface area contributed by atoms with Crippen LogP contribution in [0.2, 0.25) is 0 Å². The van der Waals surface area contributed by atoms with E-state index in [1.54, 1.807) is 0 Å². The van der Waals surface area contributed by atoms with E-state index in [0.29, 0.717) is 6.10 Å². The summed E-state index contributed by atoms with van der Waals surface area (Å²) in [5.74, 6) is 0. The molecule has 0 aromatic rings. The Morgan fingerprint density at radius 1 is 1.60 bits per heavy atom. The molecule has 1 heterocycles. The van der Waals surface area contributed by atoms with E-state index in [-0.39, 0.29) is 6.23 Å². The van der Waals surface area contributed by atoms with Crippen LogP contribution in [0.25, 0.3) is 0 Å². The minimum absolute atomic E-state index is 0.241. The van der Waals surface area contributed by atoms with Gasteiger partial charge in [0.15, 0.2) is 0 Å². The highest BCUT2D eigenvalue weighted by Crippen LogP contribution is 2.03. The molecule has 1 N–H and O–H groups in total. The standard InChI is InChI=1S/C7H16N2O/c1-6-8-4-7(10-6)5-9(2)3/h6-8H,4-5H2,1-3H3. The fraction of sp³-hybridized carbons (Fsp3) is 1.00. The van der Waals surface area contributed by atoms with Crippen molar-refractivity contribution in [3.63, 3.8) is 0 Å². The van der Waals surface area contributed by atoms with Crippen molar-refractivity contribution in [3.8, 4) is 0 Å². The molecule has 1 aliphatic rings. The number of likely N-dealkylation sites (N-methyl/N-ethyl adjacent to an activating group) is 1. The number of ether oxygens (including phenoxy) is 1. The van der Waals surface area contributed by atoms with E-state index < -0.39 is 0 Å². The molecular weight excluding hydrogens is 128 g/mol. The average Bonchev–Trinajstić information content (AvgIpc) is 2.13. The zero-order valence-electron chi connectivity index (χ0n) is 6.92. The second kappa shape index (κ2) is 3.32. The monoisotopic (exact) mass is 144 g/mol. The van der Waals surface area contributed by atoms with Gasteiger partial charge in [-0.1, -0.05) is 0 Å². The second-order valence-corrected chi connectivity index (χ2v) is 3.07. The van der Waals surface area contributed by atoms with Crippen molar-refractivity contribution in [2.75, 3.05) is 27.2 Å². The van der Waals surface area contributed by atoms with Gasteiger partial charge in [0.1, 0.15) is 6.23 Å². The molecule has 0 aliphatic carbocycles. The molecule has 1 saturated heterocycles. The van der Waals surface area contributed by atoms with Crippen LogP contribution in [0.15, 0.2) is 0 Å². The summed E-state index contributed by atoms with van der Waals surface area (Å²) in [7, 11) is 4.12. The van der Waals surface area contributed by atoms with Gasteiger partial charge in [0, 0.05) is 13.1 Å². The minimum Gasteiger partial charge on any atom is -0.358 e. The highest BCUT2D eigenvalue weighted by atomic mass is 16.5. The number of hydrogen-bond donors (Lipinski definition) is 1. The lowest BCUT2D eigenvalue weighted by Gasteiger charge is -2.14. The molecule has 0 aromatic heterocycles. The Labute approximate surface area is 62.3 Å². The number of rotatable bonds is 2. The Morgan fingerprint density at radius 3 is 2.70 bits per heavy atom. The number of nitrogens with one attached hydrogen (secondary N) is 1. The zero-order chi connectivity index (χ0) is 7.56. The van der Waals surface area contributed by atoms with E-state index in [0.717, 1.165) is 13.1 Å². The molecule has 0 saturated carbocycles. The van der Waals surface area contributed by atoms with Gasteiger partial charge in [-0.2, -0.15) is 0 Å². The summed E-state index contributed by atoms with van der Waals surface area (Å²) in [4.78, 5) is 2.14. The summed E-state index contributed by atoms with van der Waals surface area (Å²) < 4.78 is 5.52. The van der Waals surface area contributed by atoms with Crippen LogP contribution in [0.5, 0.6) is 0 Å². The Bertz CT molecular complexity index is 106. The normalized spacial score (nSPS) is 33.6. The second-order valence-electron chi connectivity index (χ2n) is 3.07. The third-order valence-electron chi connectivity index (χ3n) is 1.60. The highest BCUT2D eigenvalue weighted by molar-refractivity contribution is 4.72. The molecule has 2 atom stereocenters. The Hall–Kier alpha value is -0.120. The van der Waals surface area contributed by atoms with Crippen molar-refractivity contribution in [2.45, 2.75) is 19.3 Å². The van der Waals surface area contributed by atoms with Gasteiger partial charge in [0.25, 0.3) is 0 Å². The molecule has 3 nitrogen and oxygen atoms in total. The van der Waals surface area contributed by atoms with E-state index >= 15 is 0 Å². The Balaban J connectivity index is 2.18. The van der Waals surface area contributed by atoms with Crippen molar-refractivity contribution in [1.29, 1.82) is 0 Å². The molecule has 3 heteroatoms. The SMILES string of the molecule is CC1NCC(CN(C)C)O1. The molecule has 0 radical (unpaired) electrons. The molecular formula is C7H16N2O. The van der Waals surface area contributed by atoms with E-state index in [1.807, 2.05) is 6.92 Å². The fourth-order valence-corrected chi connectivity index (χ4v) is 1.20. The van der Waals surface area contributed by atoms with Crippen molar-refractivity contribution in [1.82, 2.24) is 10.2 Å². The molecule has 1 fully saturated rings. The molecule has 1 rings (SSSR count). The van der Waals surface area contributed by atoms with Gasteiger partial charge in [0.05, 0.1) is 6.10 Å². The number of nitrogens with zero attached hydrogens (tertiary/aromatic N) is 1. The third kappa shape index (κ3) is 2.25. The van der Waals surface area contributed by atoms with Gasteiger partial charge in [-0.15, -0.1) is 0 Å². The molecule has 0 aromatic carbocycles. The lowest BCUT2D eigenvalue weighted by Crippen LogP contribution is -2.28. The van der Waals surface area contributed by atoms with Gasteiger partial charge in [-0.25, -0.2) is 0 Å². The Morgan fingerprint density at radius 2 is 2.30 bits per heavy atom. The number of hydrogen-bond acceptors (Lipinski definition) is 3. The first-order valence-corrected chi connectivity index (χ1v) is 3.72. The van der Waals surface area contributed by atoms with Crippen molar-refractivity contribution in [2.24, 2.45) is 0 Å². The molecule has 2 unspecified atom stereocenters. The van der Waals surface area contributed by atoms with Gasteiger partial charge in [0.2, 0.25) is 0 Å². The maximum atomic E-state index is 5.52. The van der Waals surface area contributed by atoms with Crippen LogP contribution in [0, 0.1) is 0 Å². The topological polar surface area (TPSA) is 24.5 Å². The molecule has 0 spiro atoms. The summed E-state index contributed by atoms with van der Waals surface area (Å²) >= 11 is 0. The largest absolute Gasteiger partial charge is 0.358 e. The first kappa shape index (κ1) is 7.98. The fourth-order valence-electron chi connectivity index (χ4n) is 1.20. The lowest BCUT2D eigenvalue weighted by atomic mass is 10.3. The maximum absolute atomic E-state index is 5.52. The van der Waals surface area contributed by atoms with Crippen LogP contribution >= 0.6 is 0 Å². The van der Waals surface area contributed by atoms with E-state index in [4.69, 9.17) is 4.74 Å². The van der Waals surface area contributed by atoms with Crippen molar-refractivity contribution < 1.29 is 4.74 Å². The van der Waals surface area contributed by atoms with Gasteiger partial charge < -0.3 is 9.64 Å². The van der Waals surface area contributed by atoms with Crippen LogP contribution in [0.3, 0.4) is 0 Å². The quantitative estimate of drug-likeness (QED) is 0.585. The average molecular weight is 144 g/mol. The molecule has 0 bridgehead atoms. The van der Waals surface area contributed by atoms with Crippen LogP contribution in [0.1, 0.15) is 6.92 Å².